The molecule has 0 radical (unpaired) electrons. The zero-order chi connectivity index (χ0) is 14.7. The van der Waals surface area contributed by atoms with E-state index in [1.807, 2.05) is 19.3 Å². The van der Waals surface area contributed by atoms with Gasteiger partial charge in [-0.05, 0) is 31.9 Å². The monoisotopic (exact) mass is 291 g/mol. The fourth-order valence-corrected chi connectivity index (χ4v) is 3.22. The molecule has 0 bridgehead atoms. The topological polar surface area (TPSA) is 57.6 Å². The van der Waals surface area contributed by atoms with Gasteiger partial charge >= 0.3 is 0 Å². The smallest absolute Gasteiger partial charge is 0.105 e. The van der Waals surface area contributed by atoms with Crippen LogP contribution in [0.3, 0.4) is 0 Å². The second-order valence-corrected chi connectivity index (χ2v) is 6.21. The molecule has 2 aliphatic rings. The summed E-state index contributed by atoms with van der Waals surface area (Å²) < 4.78 is 5.48. The van der Waals surface area contributed by atoms with E-state index < -0.39 is 5.60 Å². The van der Waals surface area contributed by atoms with Crippen molar-refractivity contribution in [3.05, 3.63) is 24.5 Å². The number of hydrogen-bond acceptors (Lipinski definition) is 5. The molecule has 2 aliphatic heterocycles. The van der Waals surface area contributed by atoms with Gasteiger partial charge in [-0.25, -0.2) is 0 Å². The van der Waals surface area contributed by atoms with Crippen molar-refractivity contribution in [1.82, 2.24) is 10.3 Å². The summed E-state index contributed by atoms with van der Waals surface area (Å²) in [6.45, 7) is 5.35. The van der Waals surface area contributed by atoms with Crippen LogP contribution < -0.4 is 10.2 Å². The molecule has 2 fully saturated rings. The Morgan fingerprint density at radius 1 is 1.38 bits per heavy atom. The maximum atomic E-state index is 10.5. The molecule has 3 heterocycles. The van der Waals surface area contributed by atoms with Gasteiger partial charge in [0.05, 0.1) is 6.10 Å². The highest BCUT2D eigenvalue weighted by molar-refractivity contribution is 5.44. The first-order valence-corrected chi connectivity index (χ1v) is 7.90. The minimum Gasteiger partial charge on any atom is -0.386 e. The van der Waals surface area contributed by atoms with E-state index in [1.54, 1.807) is 0 Å². The second kappa shape index (κ2) is 6.30. The van der Waals surface area contributed by atoms with Crippen molar-refractivity contribution >= 4 is 5.69 Å². The summed E-state index contributed by atoms with van der Waals surface area (Å²) in [7, 11) is 0. The number of nitrogens with one attached hydrogen (secondary N) is 1. The number of aromatic nitrogens is 1. The third-order valence-corrected chi connectivity index (χ3v) is 4.88. The lowest BCUT2D eigenvalue weighted by Crippen LogP contribution is -2.51. The lowest BCUT2D eigenvalue weighted by Gasteiger charge is -2.36. The molecular weight excluding hydrogens is 266 g/mol. The molecule has 2 unspecified atom stereocenters. The van der Waals surface area contributed by atoms with E-state index in [-0.39, 0.29) is 6.10 Å². The van der Waals surface area contributed by atoms with E-state index in [2.05, 4.69) is 27.3 Å². The molecule has 0 aliphatic carbocycles. The van der Waals surface area contributed by atoms with Gasteiger partial charge in [-0.1, -0.05) is 0 Å². The van der Waals surface area contributed by atoms with E-state index in [9.17, 15) is 5.11 Å². The number of aliphatic hydroxyl groups is 1. The number of hydrogen-bond donors (Lipinski definition) is 2. The highest BCUT2D eigenvalue weighted by Crippen LogP contribution is 2.25. The Bertz CT molecular complexity index is 448. The zero-order valence-corrected chi connectivity index (χ0v) is 12.7. The minimum atomic E-state index is -0.692. The van der Waals surface area contributed by atoms with E-state index in [1.165, 1.54) is 5.69 Å². The normalized spacial score (nSPS) is 30.8. The van der Waals surface area contributed by atoms with Crippen LogP contribution in [-0.4, -0.2) is 54.1 Å². The fraction of sp³-hybridized carbons (Fsp3) is 0.688. The Morgan fingerprint density at radius 3 is 2.71 bits per heavy atom. The van der Waals surface area contributed by atoms with Crippen LogP contribution in [0.4, 0.5) is 5.69 Å². The number of nitrogens with zero attached hydrogens (tertiary/aromatic N) is 2. The molecule has 5 nitrogen and oxygen atoms in total. The molecule has 2 N–H and O–H groups in total. The summed E-state index contributed by atoms with van der Waals surface area (Å²) in [4.78, 5) is 6.46. The molecule has 2 saturated heterocycles. The summed E-state index contributed by atoms with van der Waals surface area (Å²) in [6.07, 6.45) is 6.56. The van der Waals surface area contributed by atoms with Gasteiger partial charge in [0.2, 0.25) is 0 Å². The number of piperidine rings is 1. The first-order valence-electron chi connectivity index (χ1n) is 7.90. The van der Waals surface area contributed by atoms with Gasteiger partial charge in [0.25, 0.3) is 0 Å². The highest BCUT2D eigenvalue weighted by atomic mass is 16.5. The highest BCUT2D eigenvalue weighted by Gasteiger charge is 2.39. The minimum absolute atomic E-state index is 0.0677. The van der Waals surface area contributed by atoms with E-state index in [0.29, 0.717) is 19.2 Å². The SMILES string of the molecule is CC1OCCC1(O)CNC1CCN(c2ccncc2)CC1. The van der Waals surface area contributed by atoms with Crippen molar-refractivity contribution in [3.63, 3.8) is 0 Å². The summed E-state index contributed by atoms with van der Waals surface area (Å²) in [5.74, 6) is 0. The molecule has 2 atom stereocenters. The van der Waals surface area contributed by atoms with Crippen LogP contribution in [0.2, 0.25) is 0 Å². The third kappa shape index (κ3) is 3.36. The van der Waals surface area contributed by atoms with Crippen LogP contribution >= 0.6 is 0 Å². The van der Waals surface area contributed by atoms with Crippen LogP contribution in [0.1, 0.15) is 26.2 Å². The Labute approximate surface area is 126 Å². The predicted molar refractivity (Wildman–Crippen MR) is 82.5 cm³/mol. The van der Waals surface area contributed by atoms with Gasteiger partial charge in [-0.3, -0.25) is 4.98 Å². The molecule has 21 heavy (non-hydrogen) atoms. The van der Waals surface area contributed by atoms with Crippen LogP contribution in [0.25, 0.3) is 0 Å². The molecule has 0 aromatic carbocycles. The summed E-state index contributed by atoms with van der Waals surface area (Å²) in [5, 5.41) is 14.1. The summed E-state index contributed by atoms with van der Waals surface area (Å²) in [5.41, 5.74) is 0.558. The average Bonchev–Trinajstić information content (AvgIpc) is 2.87. The van der Waals surface area contributed by atoms with Crippen molar-refractivity contribution < 1.29 is 9.84 Å². The van der Waals surface area contributed by atoms with Crippen LogP contribution in [-0.2, 0) is 4.74 Å². The second-order valence-electron chi connectivity index (χ2n) is 6.21. The molecule has 0 spiro atoms. The van der Waals surface area contributed by atoms with Crippen molar-refractivity contribution in [2.45, 2.75) is 43.9 Å². The molecule has 0 saturated carbocycles. The quantitative estimate of drug-likeness (QED) is 0.872. The Hall–Kier alpha value is -1.17. The van der Waals surface area contributed by atoms with Gasteiger partial charge in [0.1, 0.15) is 5.60 Å². The van der Waals surface area contributed by atoms with Crippen LogP contribution in [0, 0.1) is 0 Å². The molecule has 5 heteroatoms. The van der Waals surface area contributed by atoms with Crippen molar-refractivity contribution in [1.29, 1.82) is 0 Å². The van der Waals surface area contributed by atoms with Crippen LogP contribution in [0.15, 0.2) is 24.5 Å². The zero-order valence-electron chi connectivity index (χ0n) is 12.7. The molecule has 1 aromatic heterocycles. The van der Waals surface area contributed by atoms with Gasteiger partial charge in [0.15, 0.2) is 0 Å². The molecule has 3 rings (SSSR count). The van der Waals surface area contributed by atoms with E-state index in [4.69, 9.17) is 4.74 Å². The van der Waals surface area contributed by atoms with Crippen molar-refractivity contribution in [2.24, 2.45) is 0 Å². The first kappa shape index (κ1) is 14.8. The maximum absolute atomic E-state index is 10.5. The number of anilines is 1. The fourth-order valence-electron chi connectivity index (χ4n) is 3.22. The van der Waals surface area contributed by atoms with E-state index in [0.717, 1.165) is 32.4 Å². The van der Waals surface area contributed by atoms with Crippen molar-refractivity contribution in [2.75, 3.05) is 31.1 Å². The number of ether oxygens (including phenoxy) is 1. The van der Waals surface area contributed by atoms with Crippen LogP contribution in [0.5, 0.6) is 0 Å². The molecule has 116 valence electrons. The lowest BCUT2D eigenvalue weighted by atomic mass is 9.95. The molecular formula is C16H25N3O2. The first-order chi connectivity index (χ1) is 10.2. The van der Waals surface area contributed by atoms with E-state index >= 15 is 0 Å². The summed E-state index contributed by atoms with van der Waals surface area (Å²) >= 11 is 0. The average molecular weight is 291 g/mol. The largest absolute Gasteiger partial charge is 0.386 e. The van der Waals surface area contributed by atoms with Gasteiger partial charge in [-0.2, -0.15) is 0 Å². The number of rotatable bonds is 4. The van der Waals surface area contributed by atoms with Crippen molar-refractivity contribution in [3.8, 4) is 0 Å². The molecule has 1 aromatic rings. The van der Waals surface area contributed by atoms with Gasteiger partial charge < -0.3 is 20.1 Å². The maximum Gasteiger partial charge on any atom is 0.105 e. The van der Waals surface area contributed by atoms with Gasteiger partial charge in [0, 0.05) is 56.8 Å². The Balaban J connectivity index is 1.46. The number of pyridine rings is 1. The Kier molecular flexibility index (Phi) is 4.42. The predicted octanol–water partition coefficient (Wildman–Crippen LogP) is 1.18. The summed E-state index contributed by atoms with van der Waals surface area (Å²) in [6, 6.07) is 4.61. The lowest BCUT2D eigenvalue weighted by molar-refractivity contribution is -0.0280. The standard InChI is InChI=1S/C16H25N3O2/c1-13-16(20,6-11-21-13)12-18-14-4-9-19(10-5-14)15-2-7-17-8-3-15/h2-3,7-8,13-14,18,20H,4-6,9-12H2,1H3. The molecule has 0 amide bonds. The Morgan fingerprint density at radius 2 is 2.10 bits per heavy atom. The van der Waals surface area contributed by atoms with Gasteiger partial charge in [-0.15, -0.1) is 0 Å². The third-order valence-electron chi connectivity index (χ3n) is 4.88.